The van der Waals surface area contributed by atoms with Gasteiger partial charge in [-0.2, -0.15) is 0 Å². The van der Waals surface area contributed by atoms with Gasteiger partial charge >= 0.3 is 5.97 Å². The monoisotopic (exact) mass is 657 g/mol. The van der Waals surface area contributed by atoms with Gasteiger partial charge in [-0.3, -0.25) is 0 Å². The smallest absolute Gasteiger partial charge is 0.338 e. The fourth-order valence-corrected chi connectivity index (χ4v) is 9.15. The van der Waals surface area contributed by atoms with E-state index in [1.54, 1.807) is 6.07 Å². The van der Waals surface area contributed by atoms with E-state index in [0.717, 1.165) is 61.4 Å². The molecule has 0 amide bonds. The largest absolute Gasteiger partial charge is 0.465 e. The molecule has 3 fully saturated rings. The van der Waals surface area contributed by atoms with Gasteiger partial charge in [0.05, 0.1) is 40.1 Å². The average molecular weight is 659 g/mol. The van der Waals surface area contributed by atoms with Crippen molar-refractivity contribution in [1.82, 2.24) is 10.1 Å². The summed E-state index contributed by atoms with van der Waals surface area (Å²) in [5, 5.41) is 6.29. The van der Waals surface area contributed by atoms with Crippen molar-refractivity contribution in [2.75, 3.05) is 12.0 Å². The maximum atomic E-state index is 14.9. The highest BCUT2D eigenvalue weighted by Crippen LogP contribution is 2.55. The quantitative estimate of drug-likeness (QED) is 0.175. The summed E-state index contributed by atoms with van der Waals surface area (Å²) in [5.74, 6) is 0.210. The molecule has 3 heterocycles. The molecular formula is C33H34Cl2FN3O4S. The van der Waals surface area contributed by atoms with Crippen LogP contribution in [0, 0.1) is 11.2 Å². The predicted molar refractivity (Wildman–Crippen MR) is 170 cm³/mol. The van der Waals surface area contributed by atoms with Gasteiger partial charge < -0.3 is 18.9 Å². The van der Waals surface area contributed by atoms with Crippen molar-refractivity contribution < 1.29 is 23.2 Å². The fraction of sp³-hybridized carbons (Fsp3) is 0.485. The molecule has 11 heteroatoms. The summed E-state index contributed by atoms with van der Waals surface area (Å²) < 4.78 is 32.7. The van der Waals surface area contributed by atoms with E-state index in [9.17, 15) is 9.18 Å². The molecule has 232 valence electrons. The van der Waals surface area contributed by atoms with Crippen LogP contribution < -0.4 is 4.90 Å². The number of benzene rings is 2. The molecule has 0 bridgehead atoms. The molecule has 3 aliphatic rings. The Labute approximate surface area is 269 Å². The number of piperidine rings is 1. The van der Waals surface area contributed by atoms with Crippen molar-refractivity contribution in [3.63, 3.8) is 0 Å². The fourth-order valence-electron chi connectivity index (χ4n) is 7.38. The summed E-state index contributed by atoms with van der Waals surface area (Å²) in [6.45, 7) is 4.85. The second-order valence-electron chi connectivity index (χ2n) is 12.6. The van der Waals surface area contributed by atoms with Crippen LogP contribution in [0.2, 0.25) is 10.0 Å². The number of methoxy groups -OCH3 is 1. The molecule has 2 aromatic heterocycles. The number of aromatic nitrogens is 2. The Hall–Kier alpha value is -2.72. The Morgan fingerprint density at radius 1 is 1.18 bits per heavy atom. The highest BCUT2D eigenvalue weighted by Gasteiger charge is 2.51. The summed E-state index contributed by atoms with van der Waals surface area (Å²) in [4.78, 5) is 19.1. The highest BCUT2D eigenvalue weighted by molar-refractivity contribution is 7.22. The van der Waals surface area contributed by atoms with Crippen molar-refractivity contribution >= 4 is 55.9 Å². The molecule has 4 aromatic rings. The molecule has 1 aliphatic heterocycles. The minimum atomic E-state index is -0.557. The average Bonchev–Trinajstić information content (AvgIpc) is 3.60. The molecule has 7 rings (SSSR count). The minimum absolute atomic E-state index is 0.149. The summed E-state index contributed by atoms with van der Waals surface area (Å²) in [6, 6.07) is 8.84. The number of ether oxygens (including phenoxy) is 2. The first kappa shape index (κ1) is 30.0. The molecule has 0 radical (unpaired) electrons. The van der Waals surface area contributed by atoms with Gasteiger partial charge in [0, 0.05) is 29.1 Å². The minimum Gasteiger partial charge on any atom is -0.465 e. The normalized spacial score (nSPS) is 25.0. The Morgan fingerprint density at radius 3 is 2.61 bits per heavy atom. The molecule has 2 saturated carbocycles. The summed E-state index contributed by atoms with van der Waals surface area (Å²) in [7, 11) is 1.30. The van der Waals surface area contributed by atoms with Crippen LogP contribution in [0.25, 0.3) is 21.5 Å². The summed E-state index contributed by atoms with van der Waals surface area (Å²) >= 11 is 14.5. The zero-order valence-corrected chi connectivity index (χ0v) is 27.2. The van der Waals surface area contributed by atoms with Crippen LogP contribution in [0.1, 0.15) is 86.4 Å². The van der Waals surface area contributed by atoms with Crippen molar-refractivity contribution in [1.29, 1.82) is 0 Å². The molecule has 1 saturated heterocycles. The van der Waals surface area contributed by atoms with Crippen LogP contribution in [0.3, 0.4) is 0 Å². The molecule has 2 atom stereocenters. The van der Waals surface area contributed by atoms with E-state index in [1.165, 1.54) is 24.5 Å². The van der Waals surface area contributed by atoms with E-state index >= 15 is 0 Å². The van der Waals surface area contributed by atoms with Gasteiger partial charge in [0.15, 0.2) is 10.9 Å². The van der Waals surface area contributed by atoms with Gasteiger partial charge in [-0.15, -0.1) is 0 Å². The molecule has 2 unspecified atom stereocenters. The standard InChI is InChI=1S/C33H34Cl2FN3O4S/c1-4-20-13-33(12-17(2)39(20)32-37-29-25(36)10-19(31(40)41-3)11-26(29)44-32)14-21(15-33)42-16-22-28(38-43-30(22)18-8-9-18)27-23(34)6-5-7-24(27)35/h5-7,10-11,17-18,20-21H,4,8-9,12-16H2,1-3H3. The van der Waals surface area contributed by atoms with E-state index < -0.39 is 11.8 Å². The number of carbonyl (C=O) groups excluding carboxylic acids is 1. The third-order valence-electron chi connectivity index (χ3n) is 9.57. The molecule has 7 nitrogen and oxygen atoms in total. The van der Waals surface area contributed by atoms with E-state index in [1.807, 2.05) is 18.2 Å². The summed E-state index contributed by atoms with van der Waals surface area (Å²) in [6.07, 6.45) is 7.30. The highest BCUT2D eigenvalue weighted by atomic mass is 35.5. The SMILES string of the molecule is CCC1CC2(CC(OCc3c(-c4c(Cl)cccc4Cl)noc3C3CC3)C2)CC(C)N1c1nc2c(F)cc(C(=O)OC)cc2s1. The second-order valence-corrected chi connectivity index (χ2v) is 14.4. The number of fused-ring (bicyclic) bond motifs is 1. The Balaban J connectivity index is 1.05. The van der Waals surface area contributed by atoms with Gasteiger partial charge in [-0.25, -0.2) is 14.2 Å². The van der Waals surface area contributed by atoms with Crippen LogP contribution in [0.5, 0.6) is 0 Å². The molecule has 1 spiro atoms. The third-order valence-corrected chi connectivity index (χ3v) is 11.2. The molecule has 2 aromatic carbocycles. The topological polar surface area (TPSA) is 77.7 Å². The Morgan fingerprint density at radius 2 is 1.93 bits per heavy atom. The van der Waals surface area contributed by atoms with Gasteiger partial charge in [0.1, 0.15) is 17.0 Å². The van der Waals surface area contributed by atoms with E-state index in [0.29, 0.717) is 44.0 Å². The van der Waals surface area contributed by atoms with Crippen molar-refractivity contribution in [3.8, 4) is 11.3 Å². The van der Waals surface area contributed by atoms with Crippen LogP contribution in [0.4, 0.5) is 9.52 Å². The number of hydrogen-bond donors (Lipinski definition) is 0. The number of hydrogen-bond acceptors (Lipinski definition) is 8. The van der Waals surface area contributed by atoms with Crippen LogP contribution in [-0.4, -0.2) is 41.4 Å². The van der Waals surface area contributed by atoms with Crippen LogP contribution in [-0.2, 0) is 16.1 Å². The number of carbonyl (C=O) groups is 1. The maximum Gasteiger partial charge on any atom is 0.338 e. The lowest BCUT2D eigenvalue weighted by molar-refractivity contribution is -0.107. The zero-order valence-electron chi connectivity index (χ0n) is 24.9. The number of halogens is 3. The Bertz CT molecular complexity index is 1710. The van der Waals surface area contributed by atoms with Gasteiger partial charge in [0.25, 0.3) is 0 Å². The van der Waals surface area contributed by atoms with E-state index in [4.69, 9.17) is 42.2 Å². The van der Waals surface area contributed by atoms with E-state index in [-0.39, 0.29) is 29.2 Å². The first-order valence-corrected chi connectivity index (χ1v) is 16.8. The number of nitrogens with zero attached hydrogens (tertiary/aromatic N) is 3. The molecule has 0 N–H and O–H groups in total. The Kier molecular flexibility index (Phi) is 7.88. The second kappa shape index (κ2) is 11.6. The maximum absolute atomic E-state index is 14.9. The van der Waals surface area contributed by atoms with Crippen molar-refractivity contribution in [2.24, 2.45) is 5.41 Å². The summed E-state index contributed by atoms with van der Waals surface area (Å²) in [5.41, 5.74) is 3.02. The van der Waals surface area contributed by atoms with Gasteiger partial charge in [0.2, 0.25) is 0 Å². The molecule has 2 aliphatic carbocycles. The van der Waals surface area contributed by atoms with Gasteiger partial charge in [-0.1, -0.05) is 52.7 Å². The number of thiazole rings is 1. The first-order chi connectivity index (χ1) is 21.2. The molecule has 44 heavy (non-hydrogen) atoms. The molecular weight excluding hydrogens is 624 g/mol. The van der Waals surface area contributed by atoms with Crippen LogP contribution in [0.15, 0.2) is 34.9 Å². The number of anilines is 1. The lowest BCUT2D eigenvalue weighted by atomic mass is 9.58. The lowest BCUT2D eigenvalue weighted by Gasteiger charge is -2.57. The lowest BCUT2D eigenvalue weighted by Crippen LogP contribution is -2.57. The first-order valence-electron chi connectivity index (χ1n) is 15.2. The number of esters is 1. The van der Waals surface area contributed by atoms with Crippen LogP contribution >= 0.6 is 34.5 Å². The van der Waals surface area contributed by atoms with E-state index in [2.05, 4.69) is 23.9 Å². The van der Waals surface area contributed by atoms with Crippen molar-refractivity contribution in [3.05, 3.63) is 63.1 Å². The van der Waals surface area contributed by atoms with Crippen molar-refractivity contribution in [2.45, 2.75) is 89.5 Å². The van der Waals surface area contributed by atoms with Gasteiger partial charge in [-0.05, 0) is 81.5 Å². The predicted octanol–water partition coefficient (Wildman–Crippen LogP) is 9.19. The third kappa shape index (κ3) is 5.29. The number of rotatable bonds is 8. The zero-order chi connectivity index (χ0) is 30.7.